The molecule has 0 fully saturated rings. The molecule has 5 heteroatoms. The van der Waals surface area contributed by atoms with Crippen molar-refractivity contribution in [3.63, 3.8) is 0 Å². The van der Waals surface area contributed by atoms with E-state index < -0.39 is 0 Å². The highest BCUT2D eigenvalue weighted by Gasteiger charge is 2.10. The Morgan fingerprint density at radius 2 is 2.12 bits per heavy atom. The van der Waals surface area contributed by atoms with Gasteiger partial charge in [0.05, 0.1) is 17.3 Å². The van der Waals surface area contributed by atoms with Crippen LogP contribution in [0, 0.1) is 0 Å². The molecule has 2 aromatic rings. The highest BCUT2D eigenvalue weighted by molar-refractivity contribution is 6.36. The van der Waals surface area contributed by atoms with Crippen LogP contribution < -0.4 is 0 Å². The van der Waals surface area contributed by atoms with Crippen molar-refractivity contribution in [3.05, 3.63) is 40.1 Å². The number of rotatable bonds is 2. The number of halogens is 2. The van der Waals surface area contributed by atoms with Crippen molar-refractivity contribution < 1.29 is 5.11 Å². The summed E-state index contributed by atoms with van der Waals surface area (Å²) in [6.45, 7) is -0.0843. The number of aliphatic hydroxyl groups is 1. The molecule has 1 aromatic carbocycles. The molecule has 84 valence electrons. The van der Waals surface area contributed by atoms with Crippen molar-refractivity contribution in [1.82, 2.24) is 9.55 Å². The van der Waals surface area contributed by atoms with E-state index in [1.165, 1.54) is 0 Å². The number of aliphatic hydroxyl groups excluding tert-OH is 1. The number of imidazole rings is 1. The average molecular weight is 257 g/mol. The second-order valence-electron chi connectivity index (χ2n) is 3.45. The molecule has 2 rings (SSSR count). The minimum atomic E-state index is -0.0843. The maximum absolute atomic E-state index is 9.01. The van der Waals surface area contributed by atoms with Crippen LogP contribution in [-0.2, 0) is 13.7 Å². The molecule has 1 aromatic heterocycles. The molecule has 0 spiro atoms. The summed E-state index contributed by atoms with van der Waals surface area (Å²) in [5.74, 6) is 0.714. The quantitative estimate of drug-likeness (QED) is 0.898. The lowest BCUT2D eigenvalue weighted by Crippen LogP contribution is -1.91. The molecular weight excluding hydrogens is 247 g/mol. The first-order chi connectivity index (χ1) is 7.61. The van der Waals surface area contributed by atoms with E-state index in [0.29, 0.717) is 21.6 Å². The van der Waals surface area contributed by atoms with E-state index in [9.17, 15) is 0 Å². The predicted octanol–water partition coefficient (Wildman–Crippen LogP) is 2.89. The van der Waals surface area contributed by atoms with Gasteiger partial charge in [-0.05, 0) is 18.2 Å². The van der Waals surface area contributed by atoms with E-state index in [-0.39, 0.29) is 6.61 Å². The minimum absolute atomic E-state index is 0.0843. The lowest BCUT2D eigenvalue weighted by Gasteiger charge is -2.04. The molecule has 0 amide bonds. The third kappa shape index (κ3) is 2.07. The van der Waals surface area contributed by atoms with E-state index in [1.54, 1.807) is 18.3 Å². The van der Waals surface area contributed by atoms with Crippen LogP contribution in [0.4, 0.5) is 0 Å². The van der Waals surface area contributed by atoms with Crippen LogP contribution in [0.3, 0.4) is 0 Å². The summed E-state index contributed by atoms with van der Waals surface area (Å²) in [4.78, 5) is 4.27. The topological polar surface area (TPSA) is 38.0 Å². The van der Waals surface area contributed by atoms with Crippen molar-refractivity contribution in [2.24, 2.45) is 7.05 Å². The molecule has 0 aliphatic rings. The summed E-state index contributed by atoms with van der Waals surface area (Å²) in [6.07, 6.45) is 1.76. The highest BCUT2D eigenvalue weighted by atomic mass is 35.5. The first-order valence-corrected chi connectivity index (χ1v) is 5.46. The Hall–Kier alpha value is -1.03. The fraction of sp³-hybridized carbons (Fsp3) is 0.182. The van der Waals surface area contributed by atoms with E-state index in [0.717, 1.165) is 5.56 Å². The molecule has 0 aliphatic heterocycles. The molecule has 0 saturated carbocycles. The van der Waals surface area contributed by atoms with Gasteiger partial charge in [-0.3, -0.25) is 0 Å². The smallest absolute Gasteiger partial charge is 0.141 e. The van der Waals surface area contributed by atoms with Crippen LogP contribution in [-0.4, -0.2) is 14.7 Å². The van der Waals surface area contributed by atoms with Crippen LogP contribution in [0.5, 0.6) is 0 Å². The summed E-state index contributed by atoms with van der Waals surface area (Å²) in [5.41, 5.74) is 1.41. The lowest BCUT2D eigenvalue weighted by molar-refractivity contribution is 0.277. The minimum Gasteiger partial charge on any atom is -0.390 e. The van der Waals surface area contributed by atoms with Gasteiger partial charge in [-0.2, -0.15) is 0 Å². The normalized spacial score (nSPS) is 10.8. The highest BCUT2D eigenvalue weighted by Crippen LogP contribution is 2.29. The molecule has 0 saturated heterocycles. The van der Waals surface area contributed by atoms with Crippen LogP contribution in [0.15, 0.2) is 24.4 Å². The van der Waals surface area contributed by atoms with E-state index in [1.807, 2.05) is 17.7 Å². The van der Waals surface area contributed by atoms with Crippen LogP contribution in [0.25, 0.3) is 11.4 Å². The Morgan fingerprint density at radius 1 is 1.38 bits per heavy atom. The van der Waals surface area contributed by atoms with Crippen molar-refractivity contribution >= 4 is 23.2 Å². The number of hydrogen-bond acceptors (Lipinski definition) is 2. The number of hydrogen-bond donors (Lipinski definition) is 1. The van der Waals surface area contributed by atoms with Gasteiger partial charge in [0.25, 0.3) is 0 Å². The predicted molar refractivity (Wildman–Crippen MR) is 64.6 cm³/mol. The van der Waals surface area contributed by atoms with Gasteiger partial charge < -0.3 is 9.67 Å². The fourth-order valence-electron chi connectivity index (χ4n) is 1.53. The molecule has 16 heavy (non-hydrogen) atoms. The van der Waals surface area contributed by atoms with Crippen molar-refractivity contribution in [3.8, 4) is 11.4 Å². The van der Waals surface area contributed by atoms with Crippen molar-refractivity contribution in [2.75, 3.05) is 0 Å². The first kappa shape index (κ1) is 11.5. The summed E-state index contributed by atoms with van der Waals surface area (Å²) >= 11 is 11.9. The molecule has 0 bridgehead atoms. The molecule has 0 aliphatic carbocycles. The molecule has 1 heterocycles. The van der Waals surface area contributed by atoms with Gasteiger partial charge in [0.15, 0.2) is 0 Å². The third-order valence-corrected chi connectivity index (χ3v) is 2.81. The Labute approximate surface area is 103 Å². The van der Waals surface area contributed by atoms with Crippen LogP contribution >= 0.6 is 23.2 Å². The third-order valence-electron chi connectivity index (χ3n) is 2.26. The number of aryl methyl sites for hydroxylation is 1. The number of aromatic nitrogens is 2. The molecule has 3 nitrogen and oxygen atoms in total. The van der Waals surface area contributed by atoms with Gasteiger partial charge in [0.2, 0.25) is 0 Å². The van der Waals surface area contributed by atoms with Crippen LogP contribution in [0.2, 0.25) is 10.0 Å². The Balaban J connectivity index is 2.53. The lowest BCUT2D eigenvalue weighted by atomic mass is 10.2. The van der Waals surface area contributed by atoms with Gasteiger partial charge in [0.1, 0.15) is 5.82 Å². The van der Waals surface area contributed by atoms with E-state index in [2.05, 4.69) is 4.98 Å². The van der Waals surface area contributed by atoms with Crippen LogP contribution in [0.1, 0.15) is 5.69 Å². The molecule has 0 radical (unpaired) electrons. The summed E-state index contributed by atoms with van der Waals surface area (Å²) in [7, 11) is 1.85. The second-order valence-corrected chi connectivity index (χ2v) is 4.29. The summed E-state index contributed by atoms with van der Waals surface area (Å²) in [6, 6.07) is 5.25. The zero-order chi connectivity index (χ0) is 11.7. The van der Waals surface area contributed by atoms with Gasteiger partial charge in [-0.25, -0.2) is 4.98 Å². The second kappa shape index (κ2) is 4.45. The van der Waals surface area contributed by atoms with Crippen molar-refractivity contribution in [1.29, 1.82) is 0 Å². The van der Waals surface area contributed by atoms with E-state index in [4.69, 9.17) is 28.3 Å². The molecule has 1 N–H and O–H groups in total. The summed E-state index contributed by atoms with van der Waals surface area (Å²) in [5, 5.41) is 10.1. The first-order valence-electron chi connectivity index (χ1n) is 4.70. The maximum atomic E-state index is 9.01. The number of benzene rings is 1. The molecule has 0 atom stereocenters. The molecule has 0 unspecified atom stereocenters. The fourth-order valence-corrected chi connectivity index (χ4v) is 2.02. The van der Waals surface area contributed by atoms with Crippen molar-refractivity contribution in [2.45, 2.75) is 6.61 Å². The largest absolute Gasteiger partial charge is 0.390 e. The average Bonchev–Trinajstić information content (AvgIpc) is 2.60. The zero-order valence-corrected chi connectivity index (χ0v) is 10.1. The van der Waals surface area contributed by atoms with Gasteiger partial charge in [0, 0.05) is 23.8 Å². The monoisotopic (exact) mass is 256 g/mol. The molecular formula is C11H10Cl2N2O. The standard InChI is InChI=1S/C11H10Cl2N2O/c1-15-5-8(6-16)14-11(15)9-3-2-7(12)4-10(9)13/h2-5,16H,6H2,1H3. The van der Waals surface area contributed by atoms with Gasteiger partial charge >= 0.3 is 0 Å². The van der Waals surface area contributed by atoms with E-state index >= 15 is 0 Å². The van der Waals surface area contributed by atoms with Gasteiger partial charge in [-0.15, -0.1) is 0 Å². The van der Waals surface area contributed by atoms with Gasteiger partial charge in [-0.1, -0.05) is 23.2 Å². The SMILES string of the molecule is Cn1cc(CO)nc1-c1ccc(Cl)cc1Cl. The maximum Gasteiger partial charge on any atom is 0.141 e. The Morgan fingerprint density at radius 3 is 2.69 bits per heavy atom. The zero-order valence-electron chi connectivity index (χ0n) is 8.61. The number of nitrogens with zero attached hydrogens (tertiary/aromatic N) is 2. The Bertz CT molecular complexity index is 523. The Kier molecular flexibility index (Phi) is 3.19. The summed E-state index contributed by atoms with van der Waals surface area (Å²) < 4.78 is 1.82.